The lowest BCUT2D eigenvalue weighted by molar-refractivity contribution is -0.122. The second kappa shape index (κ2) is 11.3. The predicted octanol–water partition coefficient (Wildman–Crippen LogP) is 5.72. The van der Waals surface area contributed by atoms with Crippen molar-refractivity contribution in [2.24, 2.45) is 5.92 Å². The van der Waals surface area contributed by atoms with Gasteiger partial charge in [0.15, 0.2) is 0 Å². The van der Waals surface area contributed by atoms with Gasteiger partial charge >= 0.3 is 4.87 Å². The van der Waals surface area contributed by atoms with Gasteiger partial charge in [0, 0.05) is 36.3 Å². The van der Waals surface area contributed by atoms with Crippen LogP contribution in [0.1, 0.15) is 16.4 Å². The van der Waals surface area contributed by atoms with Crippen molar-refractivity contribution in [1.29, 1.82) is 0 Å². The summed E-state index contributed by atoms with van der Waals surface area (Å²) in [5.41, 5.74) is 2.74. The third kappa shape index (κ3) is 5.02. The molecule has 1 fully saturated rings. The SMILES string of the molecule is CN(C)c1ccc([C@@H]2c3sc(=O)n(CC(=O)Nc4ccc(Cl)c(Cl)c4)c3S[C@H]3C(=O)N(c4ccccc4)C(=O)[C@@H]23)cc1. The highest BCUT2D eigenvalue weighted by molar-refractivity contribution is 8.00. The van der Waals surface area contributed by atoms with Gasteiger partial charge in [-0.05, 0) is 48.0 Å². The Kier molecular flexibility index (Phi) is 7.65. The highest BCUT2D eigenvalue weighted by Gasteiger charge is 2.56. The minimum absolute atomic E-state index is 0.272. The number of amides is 3. The Morgan fingerprint density at radius 1 is 0.929 bits per heavy atom. The topological polar surface area (TPSA) is 91.7 Å². The molecule has 214 valence electrons. The van der Waals surface area contributed by atoms with Crippen LogP contribution < -0.4 is 20.0 Å². The fourth-order valence-corrected chi connectivity index (χ4v) is 8.42. The first-order valence-corrected chi connectivity index (χ1v) is 15.4. The van der Waals surface area contributed by atoms with E-state index in [0.717, 1.165) is 22.6 Å². The van der Waals surface area contributed by atoms with E-state index in [4.69, 9.17) is 23.2 Å². The van der Waals surface area contributed by atoms with E-state index in [1.165, 1.54) is 27.3 Å². The van der Waals surface area contributed by atoms with Crippen LogP contribution in [0, 0.1) is 5.92 Å². The molecular formula is C30H24Cl2N4O4S2. The van der Waals surface area contributed by atoms with Crippen molar-refractivity contribution in [1.82, 2.24) is 4.57 Å². The summed E-state index contributed by atoms with van der Waals surface area (Å²) in [6.45, 7) is -0.272. The fraction of sp³-hybridized carbons (Fsp3) is 0.200. The van der Waals surface area contributed by atoms with Gasteiger partial charge in [0.2, 0.25) is 17.7 Å². The van der Waals surface area contributed by atoms with E-state index >= 15 is 0 Å². The molecule has 0 aliphatic carbocycles. The maximum atomic E-state index is 14.0. The number of thioether (sulfide) groups is 1. The van der Waals surface area contributed by atoms with Crippen molar-refractivity contribution >= 4 is 81.1 Å². The molecule has 1 N–H and O–H groups in total. The second-order valence-electron chi connectivity index (χ2n) is 10.2. The molecule has 12 heteroatoms. The number of halogens is 2. The lowest BCUT2D eigenvalue weighted by Crippen LogP contribution is -2.33. The number of rotatable bonds is 6. The van der Waals surface area contributed by atoms with Crippen LogP contribution in [0.5, 0.6) is 0 Å². The summed E-state index contributed by atoms with van der Waals surface area (Å²) in [5.74, 6) is -2.33. The van der Waals surface area contributed by atoms with Gasteiger partial charge in [0.25, 0.3) is 0 Å². The molecule has 6 rings (SSSR count). The Hall–Kier alpha value is -3.57. The van der Waals surface area contributed by atoms with Crippen LogP contribution in [0.3, 0.4) is 0 Å². The Morgan fingerprint density at radius 3 is 2.31 bits per heavy atom. The summed E-state index contributed by atoms with van der Waals surface area (Å²) >= 11 is 14.3. The van der Waals surface area contributed by atoms with Gasteiger partial charge in [-0.15, -0.1) is 0 Å². The summed E-state index contributed by atoms with van der Waals surface area (Å²) in [5, 5.41) is 3.16. The number of para-hydroxylation sites is 1. The number of benzene rings is 3. The first-order chi connectivity index (χ1) is 20.1. The van der Waals surface area contributed by atoms with Gasteiger partial charge < -0.3 is 10.2 Å². The van der Waals surface area contributed by atoms with Gasteiger partial charge in [0.05, 0.1) is 26.7 Å². The molecular weight excluding hydrogens is 615 g/mol. The van der Waals surface area contributed by atoms with E-state index in [1.54, 1.807) is 36.4 Å². The minimum atomic E-state index is -0.762. The fourth-order valence-electron chi connectivity index (χ4n) is 5.34. The zero-order valence-corrected chi connectivity index (χ0v) is 25.6. The van der Waals surface area contributed by atoms with Gasteiger partial charge in [-0.25, -0.2) is 4.90 Å². The summed E-state index contributed by atoms with van der Waals surface area (Å²) in [4.78, 5) is 57.7. The van der Waals surface area contributed by atoms with Crippen molar-refractivity contribution in [2.45, 2.75) is 22.7 Å². The Balaban J connectivity index is 1.40. The highest BCUT2D eigenvalue weighted by atomic mass is 35.5. The predicted molar refractivity (Wildman–Crippen MR) is 168 cm³/mol. The number of carbonyl (C=O) groups excluding carboxylic acids is 3. The number of fused-ring (bicyclic) bond motifs is 2. The summed E-state index contributed by atoms with van der Waals surface area (Å²) in [7, 11) is 3.87. The van der Waals surface area contributed by atoms with Crippen LogP contribution in [0.25, 0.3) is 0 Å². The molecule has 1 aromatic heterocycles. The molecule has 8 nitrogen and oxygen atoms in total. The van der Waals surface area contributed by atoms with Crippen molar-refractivity contribution in [3.8, 4) is 0 Å². The Bertz CT molecular complexity index is 1770. The number of nitrogens with zero attached hydrogens (tertiary/aromatic N) is 3. The monoisotopic (exact) mass is 638 g/mol. The van der Waals surface area contributed by atoms with Crippen molar-refractivity contribution in [2.75, 3.05) is 29.2 Å². The second-order valence-corrected chi connectivity index (χ2v) is 13.1. The van der Waals surface area contributed by atoms with Crippen molar-refractivity contribution in [3.05, 3.63) is 103 Å². The smallest absolute Gasteiger partial charge is 0.308 e. The number of aromatic nitrogens is 1. The van der Waals surface area contributed by atoms with Gasteiger partial charge in [-0.3, -0.25) is 23.7 Å². The van der Waals surface area contributed by atoms with E-state index in [9.17, 15) is 19.2 Å². The first-order valence-electron chi connectivity index (χ1n) is 13.0. The summed E-state index contributed by atoms with van der Waals surface area (Å²) in [6.07, 6.45) is 0. The van der Waals surface area contributed by atoms with Crippen LogP contribution in [-0.2, 0) is 20.9 Å². The normalized spacial score (nSPS) is 19.4. The quantitative estimate of drug-likeness (QED) is 0.272. The lowest BCUT2D eigenvalue weighted by Gasteiger charge is -2.31. The van der Waals surface area contributed by atoms with E-state index < -0.39 is 23.0 Å². The molecule has 0 bridgehead atoms. The zero-order valence-electron chi connectivity index (χ0n) is 22.4. The number of hydrogen-bond acceptors (Lipinski definition) is 7. The molecule has 2 aliphatic heterocycles. The summed E-state index contributed by atoms with van der Waals surface area (Å²) < 4.78 is 1.39. The van der Waals surface area contributed by atoms with Crippen LogP contribution >= 0.6 is 46.3 Å². The Morgan fingerprint density at radius 2 is 1.64 bits per heavy atom. The first kappa shape index (κ1) is 28.5. The molecule has 2 aliphatic rings. The van der Waals surface area contributed by atoms with Crippen LogP contribution in [0.15, 0.2) is 82.6 Å². The number of hydrogen-bond donors (Lipinski definition) is 1. The third-order valence-corrected chi connectivity index (χ3v) is 10.7. The Labute approximate surface area is 259 Å². The standard InChI is InChI=1S/C30H24Cl2N4O4S2/c1-34(2)18-11-8-16(9-12-18)23-24-25(28(39)36(27(24)38)19-6-4-3-5-7-19)41-29-26(23)42-30(40)35(29)15-22(37)33-17-10-13-20(31)21(32)14-17/h3-14,23-25H,15H2,1-2H3,(H,33,37)/t23-,24-,25+/m0/s1. The number of nitrogens with one attached hydrogen (secondary N) is 1. The van der Waals surface area contributed by atoms with E-state index in [-0.39, 0.29) is 28.3 Å². The average Bonchev–Trinajstić information content (AvgIpc) is 3.41. The number of thiazole rings is 1. The van der Waals surface area contributed by atoms with E-state index in [0.29, 0.717) is 26.3 Å². The van der Waals surface area contributed by atoms with E-state index in [1.807, 2.05) is 49.3 Å². The summed E-state index contributed by atoms with van der Waals surface area (Å²) in [6, 6.07) is 21.3. The van der Waals surface area contributed by atoms with Crippen molar-refractivity contribution in [3.63, 3.8) is 0 Å². The van der Waals surface area contributed by atoms with Crippen LogP contribution in [0.4, 0.5) is 17.1 Å². The molecule has 0 radical (unpaired) electrons. The third-order valence-electron chi connectivity index (χ3n) is 7.34. The molecule has 3 heterocycles. The van der Waals surface area contributed by atoms with Gasteiger partial charge in [-0.2, -0.15) is 0 Å². The molecule has 4 aromatic rings. The number of imide groups is 1. The highest BCUT2D eigenvalue weighted by Crippen LogP contribution is 2.54. The molecule has 1 saturated heterocycles. The average molecular weight is 640 g/mol. The molecule has 0 saturated carbocycles. The molecule has 42 heavy (non-hydrogen) atoms. The molecule has 3 aromatic carbocycles. The number of carbonyl (C=O) groups is 3. The number of anilines is 3. The van der Waals surface area contributed by atoms with Crippen LogP contribution in [-0.4, -0.2) is 41.6 Å². The minimum Gasteiger partial charge on any atom is -0.378 e. The molecule has 3 atom stereocenters. The van der Waals surface area contributed by atoms with Crippen LogP contribution in [0.2, 0.25) is 10.0 Å². The van der Waals surface area contributed by atoms with Gasteiger partial charge in [-0.1, -0.05) is 76.6 Å². The molecule has 0 unspecified atom stereocenters. The maximum Gasteiger partial charge on any atom is 0.308 e. The molecule has 0 spiro atoms. The molecule has 3 amide bonds. The largest absolute Gasteiger partial charge is 0.378 e. The maximum absolute atomic E-state index is 14.0. The van der Waals surface area contributed by atoms with E-state index in [2.05, 4.69) is 5.32 Å². The zero-order chi connectivity index (χ0) is 29.7. The lowest BCUT2D eigenvalue weighted by atomic mass is 9.83. The van der Waals surface area contributed by atoms with Crippen molar-refractivity contribution < 1.29 is 14.4 Å². The van der Waals surface area contributed by atoms with Gasteiger partial charge in [0.1, 0.15) is 11.8 Å².